The zero-order valence-corrected chi connectivity index (χ0v) is 17.5. The molecule has 0 bridgehead atoms. The first-order valence-corrected chi connectivity index (χ1v) is 11.3. The number of hydrogen-bond donors (Lipinski definition) is 1. The summed E-state index contributed by atoms with van der Waals surface area (Å²) in [7, 11) is 0. The first kappa shape index (κ1) is 21.1. The van der Waals surface area contributed by atoms with Gasteiger partial charge in [0.15, 0.2) is 0 Å². The average Bonchev–Trinajstić information content (AvgIpc) is 3.30. The lowest BCUT2D eigenvalue weighted by Gasteiger charge is -2.40. The van der Waals surface area contributed by atoms with Gasteiger partial charge in [-0.1, -0.05) is 12.8 Å². The predicted molar refractivity (Wildman–Crippen MR) is 112 cm³/mol. The Morgan fingerprint density at radius 3 is 2.63 bits per heavy atom. The van der Waals surface area contributed by atoms with E-state index < -0.39 is 0 Å². The molecule has 2 saturated heterocycles. The van der Waals surface area contributed by atoms with Crippen molar-refractivity contribution < 1.29 is 18.7 Å². The van der Waals surface area contributed by atoms with Crippen LogP contribution in [0.25, 0.3) is 0 Å². The maximum absolute atomic E-state index is 13.1. The molecule has 1 aromatic rings. The van der Waals surface area contributed by atoms with Crippen molar-refractivity contribution in [2.45, 2.75) is 57.0 Å². The van der Waals surface area contributed by atoms with E-state index >= 15 is 0 Å². The number of piperidine rings is 1. The van der Waals surface area contributed by atoms with E-state index in [1.165, 1.54) is 25.0 Å². The number of amides is 2. The lowest BCUT2D eigenvalue weighted by atomic mass is 9.97. The fourth-order valence-electron chi connectivity index (χ4n) is 5.08. The van der Waals surface area contributed by atoms with Crippen molar-refractivity contribution in [3.8, 4) is 5.75 Å². The number of ether oxygens (including phenoxy) is 1. The molecule has 0 radical (unpaired) electrons. The molecule has 6 nitrogen and oxygen atoms in total. The van der Waals surface area contributed by atoms with Gasteiger partial charge in [0.2, 0.25) is 11.8 Å². The van der Waals surface area contributed by atoms with Crippen LogP contribution in [-0.2, 0) is 9.59 Å². The summed E-state index contributed by atoms with van der Waals surface area (Å²) in [6.45, 7) is 3.41. The van der Waals surface area contributed by atoms with Gasteiger partial charge < -0.3 is 15.0 Å². The van der Waals surface area contributed by atoms with Gasteiger partial charge in [-0.25, -0.2) is 4.39 Å². The topological polar surface area (TPSA) is 61.9 Å². The Labute approximate surface area is 177 Å². The molecule has 3 aliphatic rings. The summed E-state index contributed by atoms with van der Waals surface area (Å²) in [5.74, 6) is 0.668. The summed E-state index contributed by atoms with van der Waals surface area (Å²) >= 11 is 0. The van der Waals surface area contributed by atoms with Gasteiger partial charge in [0.1, 0.15) is 11.6 Å². The number of benzene rings is 1. The molecule has 0 unspecified atom stereocenters. The van der Waals surface area contributed by atoms with E-state index in [2.05, 4.69) is 10.2 Å². The first-order valence-electron chi connectivity index (χ1n) is 11.3. The summed E-state index contributed by atoms with van der Waals surface area (Å²) in [5.41, 5.74) is 0. The molecule has 164 valence electrons. The maximum atomic E-state index is 13.1. The lowest BCUT2D eigenvalue weighted by Crippen LogP contribution is -2.59. The van der Waals surface area contributed by atoms with Crippen molar-refractivity contribution in [2.24, 2.45) is 5.92 Å². The van der Waals surface area contributed by atoms with Gasteiger partial charge in [-0.2, -0.15) is 0 Å². The minimum atomic E-state index is -0.342. The van der Waals surface area contributed by atoms with Crippen LogP contribution in [-0.4, -0.2) is 66.5 Å². The number of hydrogen-bond acceptors (Lipinski definition) is 4. The minimum Gasteiger partial charge on any atom is -0.493 e. The highest BCUT2D eigenvalue weighted by Crippen LogP contribution is 2.28. The highest BCUT2D eigenvalue weighted by atomic mass is 19.1. The fourth-order valence-corrected chi connectivity index (χ4v) is 5.08. The average molecular weight is 418 g/mol. The van der Waals surface area contributed by atoms with Crippen molar-refractivity contribution in [1.82, 2.24) is 15.1 Å². The van der Waals surface area contributed by atoms with Crippen molar-refractivity contribution >= 4 is 11.8 Å². The molecule has 1 aromatic carbocycles. The van der Waals surface area contributed by atoms with E-state index in [0.29, 0.717) is 31.5 Å². The third-order valence-electron chi connectivity index (χ3n) is 6.70. The normalized spacial score (nSPS) is 25.9. The SMILES string of the molecule is O=C1NCCN(C2CCCC2)[C@@H]1CC(=O)N1CCC[C@@H](COc2ccc(F)cc2)C1. The minimum absolute atomic E-state index is 0.00491. The Morgan fingerprint density at radius 2 is 1.87 bits per heavy atom. The number of carbonyl (C=O) groups is 2. The van der Waals surface area contributed by atoms with Crippen LogP contribution in [0, 0.1) is 11.7 Å². The van der Waals surface area contributed by atoms with Crippen LogP contribution in [0.2, 0.25) is 0 Å². The Hall–Kier alpha value is -2.15. The Balaban J connectivity index is 1.31. The molecule has 1 saturated carbocycles. The summed E-state index contributed by atoms with van der Waals surface area (Å²) in [4.78, 5) is 29.8. The van der Waals surface area contributed by atoms with Crippen molar-refractivity contribution in [1.29, 1.82) is 0 Å². The number of rotatable bonds is 6. The number of piperazine rings is 1. The zero-order valence-electron chi connectivity index (χ0n) is 17.5. The van der Waals surface area contributed by atoms with Gasteiger partial charge >= 0.3 is 0 Å². The van der Waals surface area contributed by atoms with Crippen LogP contribution in [0.15, 0.2) is 24.3 Å². The zero-order chi connectivity index (χ0) is 20.9. The van der Waals surface area contributed by atoms with Crippen LogP contribution >= 0.6 is 0 Å². The summed E-state index contributed by atoms with van der Waals surface area (Å²) in [6.07, 6.45) is 6.88. The second-order valence-electron chi connectivity index (χ2n) is 8.80. The number of nitrogens with zero attached hydrogens (tertiary/aromatic N) is 2. The Bertz CT molecular complexity index is 736. The highest BCUT2D eigenvalue weighted by Gasteiger charge is 2.38. The molecule has 7 heteroatoms. The molecule has 3 fully saturated rings. The van der Waals surface area contributed by atoms with Crippen LogP contribution in [0.1, 0.15) is 44.9 Å². The van der Waals surface area contributed by atoms with E-state index in [-0.39, 0.29) is 36.0 Å². The van der Waals surface area contributed by atoms with E-state index in [9.17, 15) is 14.0 Å². The standard InChI is InChI=1S/C23H32FN3O3/c24-18-7-9-20(10-8-18)30-16-17-4-3-12-26(15-17)22(28)14-21-23(29)25-11-13-27(21)19-5-1-2-6-19/h7-10,17,19,21H,1-6,11-16H2,(H,25,29)/t17-,21-/m1/s1. The highest BCUT2D eigenvalue weighted by molar-refractivity contribution is 5.89. The number of carbonyl (C=O) groups excluding carboxylic acids is 2. The predicted octanol–water partition coefficient (Wildman–Crippen LogP) is 2.58. The summed E-state index contributed by atoms with van der Waals surface area (Å²) in [6, 6.07) is 6.12. The summed E-state index contributed by atoms with van der Waals surface area (Å²) in [5, 5.41) is 2.95. The molecule has 1 aliphatic carbocycles. The molecular formula is C23H32FN3O3. The molecule has 2 atom stereocenters. The van der Waals surface area contributed by atoms with Crippen molar-refractivity contribution in [3.63, 3.8) is 0 Å². The van der Waals surface area contributed by atoms with E-state index in [1.807, 2.05) is 4.90 Å². The molecule has 2 aliphatic heterocycles. The second kappa shape index (κ2) is 9.77. The van der Waals surface area contributed by atoms with Gasteiger partial charge in [0.05, 0.1) is 19.1 Å². The molecule has 2 amide bonds. The lowest BCUT2D eigenvalue weighted by molar-refractivity contribution is -0.141. The van der Waals surface area contributed by atoms with E-state index in [0.717, 1.165) is 38.8 Å². The summed E-state index contributed by atoms with van der Waals surface area (Å²) < 4.78 is 18.8. The van der Waals surface area contributed by atoms with Gasteiger partial charge in [-0.3, -0.25) is 14.5 Å². The molecule has 4 rings (SSSR count). The quantitative estimate of drug-likeness (QED) is 0.773. The number of likely N-dealkylation sites (tertiary alicyclic amines) is 1. The van der Waals surface area contributed by atoms with Crippen LogP contribution in [0.4, 0.5) is 4.39 Å². The number of nitrogens with one attached hydrogen (secondary N) is 1. The first-order chi connectivity index (χ1) is 14.6. The van der Waals surface area contributed by atoms with Crippen LogP contribution in [0.5, 0.6) is 5.75 Å². The Kier molecular flexibility index (Phi) is 6.87. The molecule has 30 heavy (non-hydrogen) atoms. The third kappa shape index (κ3) is 5.12. The largest absolute Gasteiger partial charge is 0.493 e. The van der Waals surface area contributed by atoms with Crippen LogP contribution < -0.4 is 10.1 Å². The maximum Gasteiger partial charge on any atom is 0.237 e. The molecular weight excluding hydrogens is 385 g/mol. The van der Waals surface area contributed by atoms with Gasteiger partial charge in [0, 0.05) is 38.1 Å². The van der Waals surface area contributed by atoms with Crippen LogP contribution in [0.3, 0.4) is 0 Å². The third-order valence-corrected chi connectivity index (χ3v) is 6.70. The monoisotopic (exact) mass is 417 g/mol. The van der Waals surface area contributed by atoms with E-state index in [4.69, 9.17) is 4.74 Å². The molecule has 2 heterocycles. The van der Waals surface area contributed by atoms with Crippen molar-refractivity contribution in [3.05, 3.63) is 30.1 Å². The number of halogens is 1. The second-order valence-corrected chi connectivity index (χ2v) is 8.80. The van der Waals surface area contributed by atoms with Gasteiger partial charge in [-0.15, -0.1) is 0 Å². The molecule has 0 spiro atoms. The van der Waals surface area contributed by atoms with Gasteiger partial charge in [0.25, 0.3) is 0 Å². The molecule has 1 N–H and O–H groups in total. The Morgan fingerprint density at radius 1 is 1.10 bits per heavy atom. The van der Waals surface area contributed by atoms with Crippen molar-refractivity contribution in [2.75, 3.05) is 32.8 Å². The molecule has 0 aromatic heterocycles. The smallest absolute Gasteiger partial charge is 0.237 e. The fraction of sp³-hybridized carbons (Fsp3) is 0.652. The van der Waals surface area contributed by atoms with E-state index in [1.54, 1.807) is 12.1 Å². The van der Waals surface area contributed by atoms with Gasteiger partial charge in [-0.05, 0) is 49.9 Å².